The van der Waals surface area contributed by atoms with Crippen LogP contribution in [0.15, 0.2) is 36.4 Å². The van der Waals surface area contributed by atoms with E-state index in [0.29, 0.717) is 11.1 Å². The van der Waals surface area contributed by atoms with Gasteiger partial charge in [-0.1, -0.05) is 17.7 Å². The lowest BCUT2D eigenvalue weighted by Crippen LogP contribution is -1.86. The van der Waals surface area contributed by atoms with Gasteiger partial charge in [0.05, 0.1) is 0 Å². The van der Waals surface area contributed by atoms with Gasteiger partial charge in [0.15, 0.2) is 11.6 Å². The van der Waals surface area contributed by atoms with Crippen molar-refractivity contribution in [1.29, 1.82) is 0 Å². The van der Waals surface area contributed by atoms with Gasteiger partial charge >= 0.3 is 0 Å². The van der Waals surface area contributed by atoms with E-state index >= 15 is 0 Å². The number of aryl methyl sites for hydroxylation is 1. The van der Waals surface area contributed by atoms with Crippen molar-refractivity contribution in [1.82, 2.24) is 0 Å². The minimum atomic E-state index is -0.711. The van der Waals surface area contributed by atoms with Gasteiger partial charge in [-0.2, -0.15) is 0 Å². The second kappa shape index (κ2) is 3.93. The molecule has 0 saturated carbocycles. The van der Waals surface area contributed by atoms with Crippen molar-refractivity contribution in [2.24, 2.45) is 0 Å². The highest BCUT2D eigenvalue weighted by molar-refractivity contribution is 5.66. The van der Waals surface area contributed by atoms with Crippen molar-refractivity contribution in [2.75, 3.05) is 0 Å². The normalized spacial score (nSPS) is 10.4. The molecule has 0 aliphatic rings. The van der Waals surface area contributed by atoms with Crippen molar-refractivity contribution < 1.29 is 13.9 Å². The van der Waals surface area contributed by atoms with Crippen LogP contribution in [0, 0.1) is 18.6 Å². The van der Waals surface area contributed by atoms with Crippen LogP contribution in [0.25, 0.3) is 11.1 Å². The molecule has 3 heteroatoms. The molecular weight excluding hydrogens is 210 g/mol. The van der Waals surface area contributed by atoms with Crippen LogP contribution in [-0.4, -0.2) is 5.11 Å². The molecule has 1 N–H and O–H groups in total. The molecule has 0 heterocycles. The number of phenolic OH excluding ortho intramolecular Hbond substituents is 1. The third-order valence-electron chi connectivity index (χ3n) is 2.38. The summed E-state index contributed by atoms with van der Waals surface area (Å²) in [6.07, 6.45) is 0. The van der Waals surface area contributed by atoms with Gasteiger partial charge in [0, 0.05) is 5.56 Å². The van der Waals surface area contributed by atoms with Gasteiger partial charge in [0.25, 0.3) is 0 Å². The Bertz CT molecular complexity index is 535. The predicted molar refractivity (Wildman–Crippen MR) is 58.2 cm³/mol. The molecule has 0 saturated heterocycles. The quantitative estimate of drug-likeness (QED) is 0.777. The Balaban J connectivity index is 2.58. The SMILES string of the molecule is Cc1ccc(F)c(-c2ccc(F)c(O)c2)c1. The highest BCUT2D eigenvalue weighted by atomic mass is 19.1. The largest absolute Gasteiger partial charge is 0.505 e. The molecular formula is C13H10F2O. The highest BCUT2D eigenvalue weighted by Crippen LogP contribution is 2.28. The monoisotopic (exact) mass is 220 g/mol. The van der Waals surface area contributed by atoms with Gasteiger partial charge < -0.3 is 5.11 Å². The first kappa shape index (κ1) is 10.6. The maximum atomic E-state index is 13.5. The van der Waals surface area contributed by atoms with E-state index in [0.717, 1.165) is 11.6 Å². The van der Waals surface area contributed by atoms with Crippen molar-refractivity contribution in [3.63, 3.8) is 0 Å². The Hall–Kier alpha value is -1.90. The molecule has 0 unspecified atom stereocenters. The first-order valence-corrected chi connectivity index (χ1v) is 4.83. The van der Waals surface area contributed by atoms with E-state index in [1.807, 2.05) is 6.92 Å². The standard InChI is InChI=1S/C13H10F2O/c1-8-2-4-11(14)10(6-8)9-3-5-12(15)13(16)7-9/h2-7,16H,1H3. The fraction of sp³-hybridized carbons (Fsp3) is 0.0769. The fourth-order valence-corrected chi connectivity index (χ4v) is 1.54. The molecule has 0 fully saturated rings. The molecule has 0 atom stereocenters. The molecule has 0 radical (unpaired) electrons. The summed E-state index contributed by atoms with van der Waals surface area (Å²) in [5, 5.41) is 9.22. The number of rotatable bonds is 1. The minimum Gasteiger partial charge on any atom is -0.505 e. The first-order chi connectivity index (χ1) is 7.58. The highest BCUT2D eigenvalue weighted by Gasteiger charge is 2.08. The fourth-order valence-electron chi connectivity index (χ4n) is 1.54. The molecule has 2 rings (SSSR count). The Morgan fingerprint density at radius 3 is 2.31 bits per heavy atom. The van der Waals surface area contributed by atoms with E-state index in [1.54, 1.807) is 12.1 Å². The van der Waals surface area contributed by atoms with E-state index in [2.05, 4.69) is 0 Å². The lowest BCUT2D eigenvalue weighted by atomic mass is 10.0. The average Bonchev–Trinajstić information content (AvgIpc) is 2.26. The van der Waals surface area contributed by atoms with Crippen LogP contribution in [0.5, 0.6) is 5.75 Å². The van der Waals surface area contributed by atoms with Gasteiger partial charge in [0.1, 0.15) is 5.82 Å². The van der Waals surface area contributed by atoms with Gasteiger partial charge in [0.2, 0.25) is 0 Å². The van der Waals surface area contributed by atoms with Crippen LogP contribution >= 0.6 is 0 Å². The summed E-state index contributed by atoms with van der Waals surface area (Å²) in [4.78, 5) is 0. The van der Waals surface area contributed by atoms with Gasteiger partial charge in [-0.05, 0) is 36.8 Å². The molecule has 0 aliphatic carbocycles. The summed E-state index contributed by atoms with van der Waals surface area (Å²) >= 11 is 0. The summed E-state index contributed by atoms with van der Waals surface area (Å²) in [6, 6.07) is 8.43. The predicted octanol–water partition coefficient (Wildman–Crippen LogP) is 3.65. The third kappa shape index (κ3) is 1.89. The van der Waals surface area contributed by atoms with Crippen molar-refractivity contribution in [3.05, 3.63) is 53.6 Å². The smallest absolute Gasteiger partial charge is 0.164 e. The van der Waals surface area contributed by atoms with E-state index in [9.17, 15) is 13.9 Å². The molecule has 2 aromatic carbocycles. The number of aromatic hydroxyl groups is 1. The van der Waals surface area contributed by atoms with E-state index in [1.165, 1.54) is 18.2 Å². The lowest BCUT2D eigenvalue weighted by molar-refractivity contribution is 0.432. The molecule has 82 valence electrons. The maximum absolute atomic E-state index is 13.5. The maximum Gasteiger partial charge on any atom is 0.164 e. The Labute approximate surface area is 92.0 Å². The van der Waals surface area contributed by atoms with E-state index in [4.69, 9.17) is 0 Å². The number of benzene rings is 2. The zero-order valence-corrected chi connectivity index (χ0v) is 8.67. The first-order valence-electron chi connectivity index (χ1n) is 4.83. The van der Waals surface area contributed by atoms with E-state index < -0.39 is 17.4 Å². The molecule has 0 bridgehead atoms. The van der Waals surface area contributed by atoms with Gasteiger partial charge in [-0.15, -0.1) is 0 Å². The molecule has 2 aromatic rings. The van der Waals surface area contributed by atoms with Crippen LogP contribution in [0.4, 0.5) is 8.78 Å². The third-order valence-corrected chi connectivity index (χ3v) is 2.38. The van der Waals surface area contributed by atoms with Crippen LogP contribution in [-0.2, 0) is 0 Å². The van der Waals surface area contributed by atoms with Crippen LogP contribution in [0.2, 0.25) is 0 Å². The molecule has 0 amide bonds. The lowest BCUT2D eigenvalue weighted by Gasteiger charge is -2.05. The van der Waals surface area contributed by atoms with Crippen molar-refractivity contribution in [2.45, 2.75) is 6.92 Å². The zero-order valence-electron chi connectivity index (χ0n) is 8.67. The molecule has 0 aromatic heterocycles. The zero-order chi connectivity index (χ0) is 11.7. The number of hydrogen-bond donors (Lipinski definition) is 1. The Morgan fingerprint density at radius 1 is 0.938 bits per heavy atom. The molecule has 16 heavy (non-hydrogen) atoms. The second-order valence-corrected chi connectivity index (χ2v) is 3.65. The second-order valence-electron chi connectivity index (χ2n) is 3.65. The Morgan fingerprint density at radius 2 is 1.62 bits per heavy atom. The summed E-state index contributed by atoms with van der Waals surface area (Å²) < 4.78 is 26.4. The minimum absolute atomic E-state index is 0.357. The molecule has 1 nitrogen and oxygen atoms in total. The van der Waals surface area contributed by atoms with Crippen LogP contribution in [0.1, 0.15) is 5.56 Å². The topological polar surface area (TPSA) is 20.2 Å². The van der Waals surface area contributed by atoms with Crippen molar-refractivity contribution >= 4 is 0 Å². The summed E-state index contributed by atoms with van der Waals surface area (Å²) in [5.74, 6) is -1.58. The van der Waals surface area contributed by atoms with Gasteiger partial charge in [-0.25, -0.2) is 8.78 Å². The molecule has 0 spiro atoms. The van der Waals surface area contributed by atoms with Crippen molar-refractivity contribution in [3.8, 4) is 16.9 Å². The van der Waals surface area contributed by atoms with Crippen LogP contribution in [0.3, 0.4) is 0 Å². The number of phenols is 1. The van der Waals surface area contributed by atoms with Crippen LogP contribution < -0.4 is 0 Å². The summed E-state index contributed by atoms with van der Waals surface area (Å²) in [7, 11) is 0. The molecule has 0 aliphatic heterocycles. The van der Waals surface area contributed by atoms with Gasteiger partial charge in [-0.3, -0.25) is 0 Å². The summed E-state index contributed by atoms with van der Waals surface area (Å²) in [5.41, 5.74) is 1.72. The average molecular weight is 220 g/mol. The number of hydrogen-bond acceptors (Lipinski definition) is 1. The number of halogens is 2. The van der Waals surface area contributed by atoms with E-state index in [-0.39, 0.29) is 0 Å². The summed E-state index contributed by atoms with van der Waals surface area (Å²) in [6.45, 7) is 1.84. The Kier molecular flexibility index (Phi) is 2.60.